The summed E-state index contributed by atoms with van der Waals surface area (Å²) in [7, 11) is 1.89. The Kier molecular flexibility index (Phi) is 9.79. The van der Waals surface area contributed by atoms with Crippen LogP contribution in [0.2, 0.25) is 0 Å². The van der Waals surface area contributed by atoms with E-state index in [9.17, 15) is 4.79 Å². The van der Waals surface area contributed by atoms with E-state index in [2.05, 4.69) is 14.7 Å². The Balaban J connectivity index is 0.000000757. The standard InChI is InChI=1S/C18H19N5O2S.2C2H6/c1-19-26-11-12-8-16(14-3-2-13-15(21-14)4-5-20-13)22-17(9-12)23-6-7-25-10-18(23)24;2*1-2/h2-5,8-9,19-20H,6-7,10-11H2,1H3;2*1-2H3. The third kappa shape index (κ3) is 5.81. The quantitative estimate of drug-likeness (QED) is 0.585. The number of nitrogens with one attached hydrogen (secondary N) is 2. The molecule has 1 saturated heterocycles. The molecule has 0 aromatic carbocycles. The monoisotopic (exact) mass is 429 g/mol. The molecule has 0 bridgehead atoms. The Morgan fingerprint density at radius 3 is 2.67 bits per heavy atom. The van der Waals surface area contributed by atoms with E-state index >= 15 is 0 Å². The summed E-state index contributed by atoms with van der Waals surface area (Å²) in [5, 5.41) is 0. The van der Waals surface area contributed by atoms with Gasteiger partial charge in [0.25, 0.3) is 5.91 Å². The van der Waals surface area contributed by atoms with E-state index in [-0.39, 0.29) is 12.5 Å². The maximum atomic E-state index is 12.2. The highest BCUT2D eigenvalue weighted by Gasteiger charge is 2.22. The molecule has 3 aromatic rings. The van der Waals surface area contributed by atoms with Crippen molar-refractivity contribution in [3.8, 4) is 11.4 Å². The van der Waals surface area contributed by atoms with Crippen molar-refractivity contribution in [1.82, 2.24) is 19.7 Å². The molecule has 0 spiro atoms. The van der Waals surface area contributed by atoms with Gasteiger partial charge in [0.05, 0.1) is 35.6 Å². The number of H-pyrrole nitrogens is 1. The molecule has 162 valence electrons. The molecule has 1 aliphatic rings. The normalized spacial score (nSPS) is 13.4. The summed E-state index contributed by atoms with van der Waals surface area (Å²) in [4.78, 5) is 26.5. The summed E-state index contributed by atoms with van der Waals surface area (Å²) < 4.78 is 8.31. The topological polar surface area (TPSA) is 83.1 Å². The van der Waals surface area contributed by atoms with E-state index in [1.54, 1.807) is 16.8 Å². The smallest absolute Gasteiger partial charge is 0.254 e. The number of rotatable bonds is 5. The van der Waals surface area contributed by atoms with E-state index < -0.39 is 0 Å². The average molecular weight is 430 g/mol. The summed E-state index contributed by atoms with van der Waals surface area (Å²) in [6.45, 7) is 9.13. The van der Waals surface area contributed by atoms with Crippen molar-refractivity contribution in [2.45, 2.75) is 33.4 Å². The number of ether oxygens (including phenoxy) is 1. The van der Waals surface area contributed by atoms with Crippen LogP contribution in [0.25, 0.3) is 22.4 Å². The number of amides is 1. The van der Waals surface area contributed by atoms with E-state index in [1.807, 2.05) is 71.3 Å². The first kappa shape index (κ1) is 23.9. The van der Waals surface area contributed by atoms with Crippen molar-refractivity contribution in [2.24, 2.45) is 0 Å². The molecule has 1 fully saturated rings. The number of nitrogens with zero attached hydrogens (tertiary/aromatic N) is 3. The molecule has 4 heterocycles. The molecule has 2 N–H and O–H groups in total. The molecule has 7 nitrogen and oxygen atoms in total. The highest BCUT2D eigenvalue weighted by atomic mass is 32.2. The van der Waals surface area contributed by atoms with Gasteiger partial charge in [-0.15, -0.1) is 0 Å². The fourth-order valence-corrected chi connectivity index (χ4v) is 3.39. The zero-order valence-corrected chi connectivity index (χ0v) is 19.2. The lowest BCUT2D eigenvalue weighted by Crippen LogP contribution is -2.42. The van der Waals surface area contributed by atoms with Crippen LogP contribution in [-0.4, -0.2) is 47.7 Å². The van der Waals surface area contributed by atoms with Gasteiger partial charge in [0, 0.05) is 11.9 Å². The predicted octanol–water partition coefficient (Wildman–Crippen LogP) is 4.41. The Hall–Kier alpha value is -2.42. The van der Waals surface area contributed by atoms with Gasteiger partial charge in [0.15, 0.2) is 0 Å². The zero-order chi connectivity index (χ0) is 21.9. The number of fused-ring (bicyclic) bond motifs is 1. The number of morpholine rings is 1. The van der Waals surface area contributed by atoms with Crippen molar-refractivity contribution in [3.63, 3.8) is 0 Å². The lowest BCUT2D eigenvalue weighted by Gasteiger charge is -2.26. The number of aromatic amines is 1. The number of anilines is 1. The minimum Gasteiger partial charge on any atom is -0.370 e. The van der Waals surface area contributed by atoms with Crippen LogP contribution in [0.5, 0.6) is 0 Å². The molecular weight excluding hydrogens is 398 g/mol. The fourth-order valence-electron chi connectivity index (χ4n) is 2.92. The first-order chi connectivity index (χ1) is 14.7. The van der Waals surface area contributed by atoms with Crippen molar-refractivity contribution in [1.29, 1.82) is 0 Å². The Morgan fingerprint density at radius 1 is 1.13 bits per heavy atom. The van der Waals surface area contributed by atoms with Crippen LogP contribution in [0.15, 0.2) is 36.5 Å². The molecule has 0 radical (unpaired) electrons. The van der Waals surface area contributed by atoms with Gasteiger partial charge in [-0.05, 0) is 42.9 Å². The maximum Gasteiger partial charge on any atom is 0.254 e. The van der Waals surface area contributed by atoms with E-state index in [4.69, 9.17) is 9.72 Å². The van der Waals surface area contributed by atoms with Gasteiger partial charge in [-0.3, -0.25) is 14.4 Å². The molecule has 0 saturated carbocycles. The van der Waals surface area contributed by atoms with Crippen LogP contribution >= 0.6 is 11.9 Å². The molecule has 0 atom stereocenters. The number of hydrogen-bond acceptors (Lipinski definition) is 6. The zero-order valence-electron chi connectivity index (χ0n) is 18.4. The number of aromatic nitrogens is 3. The van der Waals surface area contributed by atoms with Crippen LogP contribution < -0.4 is 9.62 Å². The van der Waals surface area contributed by atoms with E-state index in [0.29, 0.717) is 19.0 Å². The molecule has 0 aliphatic carbocycles. The highest BCUT2D eigenvalue weighted by molar-refractivity contribution is 7.96. The van der Waals surface area contributed by atoms with E-state index in [0.717, 1.165) is 33.7 Å². The first-order valence-electron chi connectivity index (χ1n) is 10.4. The molecule has 30 heavy (non-hydrogen) atoms. The van der Waals surface area contributed by atoms with Crippen molar-refractivity contribution in [2.75, 3.05) is 31.7 Å². The largest absolute Gasteiger partial charge is 0.370 e. The first-order valence-corrected chi connectivity index (χ1v) is 11.4. The molecule has 1 aliphatic heterocycles. The Bertz CT molecular complexity index is 944. The second-order valence-electron chi connectivity index (χ2n) is 5.92. The predicted molar refractivity (Wildman–Crippen MR) is 126 cm³/mol. The summed E-state index contributed by atoms with van der Waals surface area (Å²) in [6.07, 6.45) is 1.87. The summed E-state index contributed by atoms with van der Waals surface area (Å²) in [6, 6.07) is 9.87. The number of carbonyl (C=O) groups excluding carboxylic acids is 1. The average Bonchev–Trinajstić information content (AvgIpc) is 3.28. The third-order valence-corrected chi connectivity index (χ3v) is 4.95. The van der Waals surface area contributed by atoms with Gasteiger partial charge in [-0.2, -0.15) is 0 Å². The van der Waals surface area contributed by atoms with Crippen molar-refractivity contribution >= 4 is 34.7 Å². The minimum atomic E-state index is -0.0674. The summed E-state index contributed by atoms with van der Waals surface area (Å²) in [5.74, 6) is 1.35. The van der Waals surface area contributed by atoms with Crippen LogP contribution in [0.3, 0.4) is 0 Å². The van der Waals surface area contributed by atoms with Crippen molar-refractivity contribution in [3.05, 3.63) is 42.1 Å². The van der Waals surface area contributed by atoms with Crippen LogP contribution in [-0.2, 0) is 15.3 Å². The van der Waals surface area contributed by atoms with Gasteiger partial charge in [-0.1, -0.05) is 39.6 Å². The number of carbonyl (C=O) groups is 1. The molecule has 3 aromatic heterocycles. The van der Waals surface area contributed by atoms with Crippen molar-refractivity contribution < 1.29 is 9.53 Å². The fraction of sp³-hybridized carbons (Fsp3) is 0.409. The second-order valence-corrected chi connectivity index (χ2v) is 6.90. The van der Waals surface area contributed by atoms with Gasteiger partial charge in [-0.25, -0.2) is 9.97 Å². The molecular formula is C22H31N5O2S. The Morgan fingerprint density at radius 2 is 1.93 bits per heavy atom. The number of pyridine rings is 2. The number of hydrogen-bond donors (Lipinski definition) is 2. The highest BCUT2D eigenvalue weighted by Crippen LogP contribution is 2.26. The Labute approximate surface area is 182 Å². The van der Waals surface area contributed by atoms with Gasteiger partial charge >= 0.3 is 0 Å². The second kappa shape index (κ2) is 12.3. The van der Waals surface area contributed by atoms with Crippen LogP contribution in [0.1, 0.15) is 33.3 Å². The van der Waals surface area contributed by atoms with Gasteiger partial charge in [0.1, 0.15) is 12.4 Å². The van der Waals surface area contributed by atoms with Crippen LogP contribution in [0.4, 0.5) is 5.82 Å². The third-order valence-electron chi connectivity index (χ3n) is 4.18. The molecule has 1 amide bonds. The molecule has 8 heteroatoms. The van der Waals surface area contributed by atoms with Gasteiger partial charge < -0.3 is 9.72 Å². The summed E-state index contributed by atoms with van der Waals surface area (Å²) in [5.41, 5.74) is 4.51. The lowest BCUT2D eigenvalue weighted by atomic mass is 10.1. The SMILES string of the molecule is CC.CC.CNSCc1cc(-c2ccc3[nH]ccc3n2)nc(N2CCOCC2=O)c1. The maximum absolute atomic E-state index is 12.2. The molecule has 4 rings (SSSR count). The molecule has 0 unspecified atom stereocenters. The minimum absolute atomic E-state index is 0.0674. The van der Waals surface area contributed by atoms with Crippen LogP contribution in [0, 0.1) is 0 Å². The van der Waals surface area contributed by atoms with Gasteiger partial charge in [0.2, 0.25) is 0 Å². The summed E-state index contributed by atoms with van der Waals surface area (Å²) >= 11 is 1.59. The lowest BCUT2D eigenvalue weighted by molar-refractivity contribution is -0.125. The van der Waals surface area contributed by atoms with E-state index in [1.165, 1.54) is 0 Å².